The normalized spacial score (nSPS) is 21.3. The standard InChI is InChI=1S/C10H11N3O3S/c11-6-9-10(2-1-4-12-9)17(15,16)13-5-3-8(14)7-13/h1-2,4,8,14H,3,5,7H2/t8-/m0/s1. The molecule has 1 aliphatic heterocycles. The van der Waals surface area contributed by atoms with Crippen molar-refractivity contribution in [2.45, 2.75) is 17.4 Å². The molecule has 0 bridgehead atoms. The van der Waals surface area contributed by atoms with E-state index in [1.165, 1.54) is 22.6 Å². The number of hydrogen-bond acceptors (Lipinski definition) is 5. The minimum Gasteiger partial charge on any atom is -0.392 e. The number of aliphatic hydroxyl groups excluding tert-OH is 1. The van der Waals surface area contributed by atoms with Gasteiger partial charge in [-0.2, -0.15) is 9.57 Å². The van der Waals surface area contributed by atoms with Gasteiger partial charge in [-0.1, -0.05) is 0 Å². The summed E-state index contributed by atoms with van der Waals surface area (Å²) >= 11 is 0. The first-order valence-electron chi connectivity index (χ1n) is 5.09. The second-order valence-corrected chi connectivity index (χ2v) is 5.67. The predicted molar refractivity (Wildman–Crippen MR) is 58.3 cm³/mol. The maximum atomic E-state index is 12.2. The summed E-state index contributed by atoms with van der Waals surface area (Å²) in [4.78, 5) is 3.62. The number of aliphatic hydroxyl groups is 1. The highest BCUT2D eigenvalue weighted by Crippen LogP contribution is 2.22. The summed E-state index contributed by atoms with van der Waals surface area (Å²) in [5.41, 5.74) is -0.117. The zero-order valence-corrected chi connectivity index (χ0v) is 9.76. The molecule has 1 aliphatic rings. The van der Waals surface area contributed by atoms with Crippen molar-refractivity contribution in [3.63, 3.8) is 0 Å². The molecule has 0 amide bonds. The van der Waals surface area contributed by atoms with Gasteiger partial charge in [-0.25, -0.2) is 13.4 Å². The molecule has 2 heterocycles. The molecule has 1 saturated heterocycles. The summed E-state index contributed by atoms with van der Waals surface area (Å²) in [5.74, 6) is 0. The zero-order chi connectivity index (χ0) is 12.5. The van der Waals surface area contributed by atoms with Gasteiger partial charge in [0, 0.05) is 19.3 Å². The molecule has 17 heavy (non-hydrogen) atoms. The van der Waals surface area contributed by atoms with E-state index < -0.39 is 16.1 Å². The Kier molecular flexibility index (Phi) is 3.11. The van der Waals surface area contributed by atoms with Crippen LogP contribution in [-0.2, 0) is 10.0 Å². The Labute approximate surface area is 99.2 Å². The first kappa shape index (κ1) is 12.0. The lowest BCUT2D eigenvalue weighted by Gasteiger charge is -2.15. The third kappa shape index (κ3) is 2.15. The molecule has 0 aromatic carbocycles. The molecular weight excluding hydrogens is 242 g/mol. The van der Waals surface area contributed by atoms with Crippen molar-refractivity contribution < 1.29 is 13.5 Å². The van der Waals surface area contributed by atoms with E-state index in [4.69, 9.17) is 5.26 Å². The fraction of sp³-hybridized carbons (Fsp3) is 0.400. The summed E-state index contributed by atoms with van der Waals surface area (Å²) in [6, 6.07) is 4.58. The van der Waals surface area contributed by atoms with Crippen LogP contribution in [0.4, 0.5) is 0 Å². The average Bonchev–Trinajstić information content (AvgIpc) is 2.76. The highest BCUT2D eigenvalue weighted by Gasteiger charge is 2.33. The van der Waals surface area contributed by atoms with Gasteiger partial charge in [-0.3, -0.25) is 0 Å². The van der Waals surface area contributed by atoms with Crippen molar-refractivity contribution in [3.05, 3.63) is 24.0 Å². The molecule has 6 nitrogen and oxygen atoms in total. The minimum absolute atomic E-state index is 0.0715. The molecule has 0 aliphatic carbocycles. The lowest BCUT2D eigenvalue weighted by Crippen LogP contribution is -2.30. The van der Waals surface area contributed by atoms with Crippen molar-refractivity contribution in [2.75, 3.05) is 13.1 Å². The van der Waals surface area contributed by atoms with Gasteiger partial charge < -0.3 is 5.11 Å². The van der Waals surface area contributed by atoms with E-state index in [-0.39, 0.29) is 23.7 Å². The van der Waals surface area contributed by atoms with Gasteiger partial charge in [0.25, 0.3) is 0 Å². The summed E-state index contributed by atoms with van der Waals surface area (Å²) in [6.07, 6.45) is 1.16. The number of aromatic nitrogens is 1. The Hall–Kier alpha value is -1.49. The molecular formula is C10H11N3O3S. The van der Waals surface area contributed by atoms with Crippen LogP contribution in [0.5, 0.6) is 0 Å². The van der Waals surface area contributed by atoms with Crippen LogP contribution < -0.4 is 0 Å². The van der Waals surface area contributed by atoms with Crippen molar-refractivity contribution in [3.8, 4) is 6.07 Å². The molecule has 0 unspecified atom stereocenters. The molecule has 1 fully saturated rings. The molecule has 90 valence electrons. The maximum absolute atomic E-state index is 12.2. The SMILES string of the molecule is N#Cc1ncccc1S(=O)(=O)N1CC[C@H](O)C1. The van der Waals surface area contributed by atoms with E-state index in [0.29, 0.717) is 6.42 Å². The Bertz CT molecular complexity index is 564. The second kappa shape index (κ2) is 4.41. The molecule has 1 aromatic heterocycles. The first-order valence-corrected chi connectivity index (χ1v) is 6.53. The number of rotatable bonds is 2. The average molecular weight is 253 g/mol. The largest absolute Gasteiger partial charge is 0.392 e. The van der Waals surface area contributed by atoms with Gasteiger partial charge in [0.1, 0.15) is 11.0 Å². The predicted octanol–water partition coefficient (Wildman–Crippen LogP) is -0.291. The highest BCUT2D eigenvalue weighted by atomic mass is 32.2. The summed E-state index contributed by atoms with van der Waals surface area (Å²) in [5, 5.41) is 18.2. The molecule has 1 atom stereocenters. The highest BCUT2D eigenvalue weighted by molar-refractivity contribution is 7.89. The lowest BCUT2D eigenvalue weighted by molar-refractivity contribution is 0.189. The number of sulfonamides is 1. The Balaban J connectivity index is 2.42. The lowest BCUT2D eigenvalue weighted by atomic mass is 10.3. The first-order chi connectivity index (χ1) is 8.05. The Morgan fingerprint density at radius 2 is 2.35 bits per heavy atom. The van der Waals surface area contributed by atoms with Crippen molar-refractivity contribution in [2.24, 2.45) is 0 Å². The monoisotopic (exact) mass is 253 g/mol. The van der Waals surface area contributed by atoms with E-state index in [1.54, 1.807) is 6.07 Å². The maximum Gasteiger partial charge on any atom is 0.246 e. The van der Waals surface area contributed by atoms with Gasteiger partial charge >= 0.3 is 0 Å². The van der Waals surface area contributed by atoms with E-state index in [0.717, 1.165) is 0 Å². The van der Waals surface area contributed by atoms with Crippen molar-refractivity contribution in [1.29, 1.82) is 5.26 Å². The number of β-amino-alcohol motifs (C(OH)–C–C–N with tert-alkyl or cyclic N) is 1. The van der Waals surface area contributed by atoms with Crippen LogP contribution in [0.3, 0.4) is 0 Å². The third-order valence-electron chi connectivity index (χ3n) is 2.62. The zero-order valence-electron chi connectivity index (χ0n) is 8.94. The van der Waals surface area contributed by atoms with Crippen LogP contribution in [0, 0.1) is 11.3 Å². The molecule has 1 N–H and O–H groups in total. The van der Waals surface area contributed by atoms with Crippen LogP contribution in [-0.4, -0.2) is 42.0 Å². The molecule has 0 spiro atoms. The Morgan fingerprint density at radius 3 is 2.94 bits per heavy atom. The fourth-order valence-corrected chi connectivity index (χ4v) is 3.34. The molecule has 2 rings (SSSR count). The van der Waals surface area contributed by atoms with Crippen molar-refractivity contribution in [1.82, 2.24) is 9.29 Å². The molecule has 7 heteroatoms. The van der Waals surface area contributed by atoms with E-state index in [2.05, 4.69) is 4.98 Å². The summed E-state index contributed by atoms with van der Waals surface area (Å²) in [6.45, 7) is 0.339. The van der Waals surface area contributed by atoms with Crippen LogP contribution in [0.2, 0.25) is 0 Å². The number of nitrogens with zero attached hydrogens (tertiary/aromatic N) is 3. The van der Waals surface area contributed by atoms with E-state index in [9.17, 15) is 13.5 Å². The minimum atomic E-state index is -3.73. The van der Waals surface area contributed by atoms with Gasteiger partial charge in [0.15, 0.2) is 5.69 Å². The quantitative estimate of drug-likeness (QED) is 0.781. The number of hydrogen-bond donors (Lipinski definition) is 1. The van der Waals surface area contributed by atoms with Gasteiger partial charge in [-0.05, 0) is 18.6 Å². The molecule has 1 aromatic rings. The molecule has 0 radical (unpaired) electrons. The smallest absolute Gasteiger partial charge is 0.246 e. The van der Waals surface area contributed by atoms with Gasteiger partial charge in [-0.15, -0.1) is 0 Å². The Morgan fingerprint density at radius 1 is 1.59 bits per heavy atom. The fourth-order valence-electron chi connectivity index (χ4n) is 1.75. The second-order valence-electron chi connectivity index (χ2n) is 3.77. The summed E-state index contributed by atoms with van der Waals surface area (Å²) in [7, 11) is -3.73. The number of pyridine rings is 1. The van der Waals surface area contributed by atoms with E-state index in [1.807, 2.05) is 0 Å². The van der Waals surface area contributed by atoms with Crippen LogP contribution in [0.25, 0.3) is 0 Å². The van der Waals surface area contributed by atoms with Crippen LogP contribution in [0.1, 0.15) is 12.1 Å². The summed E-state index contributed by atoms with van der Waals surface area (Å²) < 4.78 is 25.5. The number of nitriles is 1. The third-order valence-corrected chi connectivity index (χ3v) is 4.52. The van der Waals surface area contributed by atoms with E-state index >= 15 is 0 Å². The topological polar surface area (TPSA) is 94.3 Å². The molecule has 0 saturated carbocycles. The van der Waals surface area contributed by atoms with Gasteiger partial charge in [0.05, 0.1) is 6.10 Å². The van der Waals surface area contributed by atoms with Crippen molar-refractivity contribution >= 4 is 10.0 Å². The van der Waals surface area contributed by atoms with Crippen LogP contribution >= 0.6 is 0 Å². The van der Waals surface area contributed by atoms with Gasteiger partial charge in [0.2, 0.25) is 10.0 Å². The van der Waals surface area contributed by atoms with Crippen LogP contribution in [0.15, 0.2) is 23.2 Å².